The third-order valence-corrected chi connectivity index (χ3v) is 4.14. The molecule has 0 unspecified atom stereocenters. The summed E-state index contributed by atoms with van der Waals surface area (Å²) in [5.41, 5.74) is -0.389. The molecule has 2 saturated heterocycles. The van der Waals surface area contributed by atoms with Gasteiger partial charge in [0.15, 0.2) is 0 Å². The Hall–Kier alpha value is -1.30. The van der Waals surface area contributed by atoms with Crippen molar-refractivity contribution in [1.82, 2.24) is 15.5 Å². The highest BCUT2D eigenvalue weighted by Crippen LogP contribution is 2.31. The van der Waals surface area contributed by atoms with Gasteiger partial charge in [0, 0.05) is 38.1 Å². The summed E-state index contributed by atoms with van der Waals surface area (Å²) in [4.78, 5) is 25.0. The van der Waals surface area contributed by atoms with Crippen LogP contribution < -0.4 is 10.6 Å². The van der Waals surface area contributed by atoms with Crippen LogP contribution in [0.25, 0.3) is 0 Å². The number of ether oxygens (including phenoxy) is 1. The van der Waals surface area contributed by atoms with Gasteiger partial charge in [0.2, 0.25) is 5.91 Å². The van der Waals surface area contributed by atoms with E-state index in [0.717, 1.165) is 25.8 Å². The third kappa shape index (κ3) is 4.33. The summed E-state index contributed by atoms with van der Waals surface area (Å²) in [5, 5.41) is 6.51. The van der Waals surface area contributed by atoms with Gasteiger partial charge in [-0.15, -0.1) is 0 Å². The molecule has 2 amide bonds. The van der Waals surface area contributed by atoms with Crippen molar-refractivity contribution in [3.63, 3.8) is 0 Å². The molecular formula is C15H27N3O3. The first-order valence-electron chi connectivity index (χ1n) is 7.69. The van der Waals surface area contributed by atoms with Crippen molar-refractivity contribution >= 4 is 12.0 Å². The minimum Gasteiger partial charge on any atom is -0.444 e. The highest BCUT2D eigenvalue weighted by atomic mass is 16.6. The van der Waals surface area contributed by atoms with Crippen LogP contribution in [0.4, 0.5) is 4.79 Å². The van der Waals surface area contributed by atoms with Gasteiger partial charge in [0.1, 0.15) is 5.60 Å². The average molecular weight is 297 g/mol. The van der Waals surface area contributed by atoms with Crippen molar-refractivity contribution in [3.8, 4) is 0 Å². The van der Waals surface area contributed by atoms with E-state index in [-0.39, 0.29) is 23.6 Å². The van der Waals surface area contributed by atoms with Gasteiger partial charge >= 0.3 is 6.09 Å². The fraction of sp³-hybridized carbons (Fsp3) is 0.867. The van der Waals surface area contributed by atoms with E-state index in [1.165, 1.54) is 0 Å². The molecule has 0 saturated carbocycles. The van der Waals surface area contributed by atoms with E-state index in [0.29, 0.717) is 13.1 Å². The largest absolute Gasteiger partial charge is 0.444 e. The molecule has 0 aromatic carbocycles. The number of nitrogens with one attached hydrogen (secondary N) is 2. The predicted molar refractivity (Wildman–Crippen MR) is 80.0 cm³/mol. The lowest BCUT2D eigenvalue weighted by molar-refractivity contribution is -0.119. The molecule has 6 heteroatoms. The lowest BCUT2D eigenvalue weighted by Gasteiger charge is -2.39. The van der Waals surface area contributed by atoms with Crippen LogP contribution in [0, 0.1) is 0 Å². The Balaban J connectivity index is 1.83. The fourth-order valence-electron chi connectivity index (χ4n) is 3.17. The molecule has 2 N–H and O–H groups in total. The minimum atomic E-state index is -0.450. The zero-order valence-electron chi connectivity index (χ0n) is 13.5. The number of carbonyl (C=O) groups excluding carboxylic acids is 2. The quantitative estimate of drug-likeness (QED) is 0.764. The standard InChI is InChI=1S/C15H27N3O3/c1-11(19)17-12-9-15(16-10-12)5-7-18(8-6-15)13(20)21-14(2,3)4/h12,16H,5-10H2,1-4H3,(H,17,19)/t12-/m0/s1. The SMILES string of the molecule is CC(=O)N[C@@H]1CNC2(CCN(C(=O)OC(C)(C)C)CC2)C1. The van der Waals surface area contributed by atoms with Gasteiger partial charge in [-0.05, 0) is 40.0 Å². The van der Waals surface area contributed by atoms with Crippen molar-refractivity contribution in [3.05, 3.63) is 0 Å². The molecule has 0 aromatic rings. The molecule has 6 nitrogen and oxygen atoms in total. The summed E-state index contributed by atoms with van der Waals surface area (Å²) in [6.45, 7) is 9.41. The smallest absolute Gasteiger partial charge is 0.410 e. The summed E-state index contributed by atoms with van der Waals surface area (Å²) >= 11 is 0. The molecule has 0 bridgehead atoms. The molecule has 2 fully saturated rings. The Morgan fingerprint density at radius 1 is 1.29 bits per heavy atom. The number of hydrogen-bond donors (Lipinski definition) is 2. The van der Waals surface area contributed by atoms with E-state index < -0.39 is 5.60 Å². The minimum absolute atomic E-state index is 0.0186. The Kier molecular flexibility index (Phi) is 4.46. The molecule has 2 aliphatic rings. The first-order valence-corrected chi connectivity index (χ1v) is 7.69. The van der Waals surface area contributed by atoms with Gasteiger partial charge in [-0.25, -0.2) is 4.79 Å². The fourth-order valence-corrected chi connectivity index (χ4v) is 3.17. The molecular weight excluding hydrogens is 270 g/mol. The summed E-state index contributed by atoms with van der Waals surface area (Å²) < 4.78 is 5.41. The summed E-state index contributed by atoms with van der Waals surface area (Å²) in [6, 6.07) is 0.204. The van der Waals surface area contributed by atoms with Crippen LogP contribution in [0.15, 0.2) is 0 Å². The zero-order chi connectivity index (χ0) is 15.7. The lowest BCUT2D eigenvalue weighted by atomic mass is 9.85. The van der Waals surface area contributed by atoms with Crippen LogP contribution in [0.2, 0.25) is 0 Å². The summed E-state index contributed by atoms with van der Waals surface area (Å²) in [6.07, 6.45) is 2.52. The third-order valence-electron chi connectivity index (χ3n) is 4.14. The second-order valence-electron chi connectivity index (χ2n) is 7.23. The monoisotopic (exact) mass is 297 g/mol. The van der Waals surface area contributed by atoms with Gasteiger partial charge in [-0.2, -0.15) is 0 Å². The van der Waals surface area contributed by atoms with E-state index in [1.54, 1.807) is 11.8 Å². The van der Waals surface area contributed by atoms with E-state index in [2.05, 4.69) is 10.6 Å². The predicted octanol–water partition coefficient (Wildman–Crippen LogP) is 1.25. The van der Waals surface area contributed by atoms with Gasteiger partial charge in [0.05, 0.1) is 0 Å². The van der Waals surface area contributed by atoms with Crippen molar-refractivity contribution in [2.45, 2.75) is 64.1 Å². The molecule has 21 heavy (non-hydrogen) atoms. The van der Waals surface area contributed by atoms with Crippen LogP contribution in [-0.4, -0.2) is 53.7 Å². The van der Waals surface area contributed by atoms with Crippen LogP contribution in [-0.2, 0) is 9.53 Å². The molecule has 0 radical (unpaired) electrons. The molecule has 0 aliphatic carbocycles. The Labute approximate surface area is 126 Å². The Morgan fingerprint density at radius 2 is 1.90 bits per heavy atom. The number of hydrogen-bond acceptors (Lipinski definition) is 4. The molecule has 0 aromatic heterocycles. The van der Waals surface area contributed by atoms with Gasteiger partial charge in [-0.1, -0.05) is 0 Å². The van der Waals surface area contributed by atoms with Crippen LogP contribution in [0.3, 0.4) is 0 Å². The van der Waals surface area contributed by atoms with Crippen LogP contribution >= 0.6 is 0 Å². The maximum atomic E-state index is 12.1. The van der Waals surface area contributed by atoms with Crippen molar-refractivity contribution in [2.24, 2.45) is 0 Å². The first kappa shape index (κ1) is 16.1. The summed E-state index contributed by atoms with van der Waals surface area (Å²) in [7, 11) is 0. The van der Waals surface area contributed by atoms with Gasteiger partial charge in [0.25, 0.3) is 0 Å². The van der Waals surface area contributed by atoms with Crippen LogP contribution in [0.1, 0.15) is 47.0 Å². The van der Waals surface area contributed by atoms with E-state index >= 15 is 0 Å². The van der Waals surface area contributed by atoms with E-state index in [4.69, 9.17) is 4.74 Å². The Morgan fingerprint density at radius 3 is 2.43 bits per heavy atom. The first-order chi connectivity index (χ1) is 9.69. The maximum absolute atomic E-state index is 12.1. The highest BCUT2D eigenvalue weighted by Gasteiger charge is 2.42. The highest BCUT2D eigenvalue weighted by molar-refractivity contribution is 5.73. The molecule has 2 rings (SSSR count). The van der Waals surface area contributed by atoms with E-state index in [9.17, 15) is 9.59 Å². The topological polar surface area (TPSA) is 70.7 Å². The second kappa shape index (κ2) is 5.83. The number of carbonyl (C=O) groups is 2. The molecule has 2 aliphatic heterocycles. The number of amides is 2. The normalized spacial score (nSPS) is 25.0. The van der Waals surface area contributed by atoms with E-state index in [1.807, 2.05) is 20.8 Å². The van der Waals surface area contributed by atoms with Crippen molar-refractivity contribution in [2.75, 3.05) is 19.6 Å². The molecule has 1 spiro atoms. The average Bonchev–Trinajstić information content (AvgIpc) is 2.70. The van der Waals surface area contributed by atoms with Crippen molar-refractivity contribution in [1.29, 1.82) is 0 Å². The number of likely N-dealkylation sites (tertiary alicyclic amines) is 1. The molecule has 120 valence electrons. The lowest BCUT2D eigenvalue weighted by Crippen LogP contribution is -2.52. The number of rotatable bonds is 1. The number of piperidine rings is 1. The van der Waals surface area contributed by atoms with Gasteiger partial charge < -0.3 is 20.3 Å². The van der Waals surface area contributed by atoms with Crippen molar-refractivity contribution < 1.29 is 14.3 Å². The van der Waals surface area contributed by atoms with Crippen LogP contribution in [0.5, 0.6) is 0 Å². The Bertz CT molecular complexity index is 409. The molecule has 2 heterocycles. The zero-order valence-corrected chi connectivity index (χ0v) is 13.5. The number of nitrogens with zero attached hydrogens (tertiary/aromatic N) is 1. The molecule has 1 atom stereocenters. The second-order valence-corrected chi connectivity index (χ2v) is 7.23. The van der Waals surface area contributed by atoms with Gasteiger partial charge in [-0.3, -0.25) is 4.79 Å². The maximum Gasteiger partial charge on any atom is 0.410 e. The summed E-state index contributed by atoms with van der Waals surface area (Å²) in [5.74, 6) is 0.0186.